The maximum absolute atomic E-state index is 10.4. The molecule has 1 aromatic rings. The summed E-state index contributed by atoms with van der Waals surface area (Å²) in [6, 6.07) is 7.42. The topological polar surface area (TPSA) is 54.4 Å². The van der Waals surface area contributed by atoms with E-state index in [1.54, 1.807) is 18.2 Å². The van der Waals surface area contributed by atoms with Crippen LogP contribution in [0, 0.1) is 0 Å². The van der Waals surface area contributed by atoms with Crippen LogP contribution >= 0.6 is 0 Å². The minimum absolute atomic E-state index is 0. The van der Waals surface area contributed by atoms with E-state index in [1.807, 2.05) is 0 Å². The van der Waals surface area contributed by atoms with E-state index in [2.05, 4.69) is 0 Å². The number of hydrogen-bond donors (Lipinski definition) is 1. The van der Waals surface area contributed by atoms with Gasteiger partial charge in [0.2, 0.25) is 0 Å². The van der Waals surface area contributed by atoms with Crippen molar-refractivity contribution in [3.63, 3.8) is 0 Å². The standard InChI is InChI=1S/C6H6O3S.Sb.3H/c7-10(8,9)6-4-2-1-3-5-6;;;;/h1-5H,(H,7,8,9);;;;. The van der Waals surface area contributed by atoms with Gasteiger partial charge < -0.3 is 0 Å². The summed E-state index contributed by atoms with van der Waals surface area (Å²) in [5, 5.41) is 0. The molecule has 11 heavy (non-hydrogen) atoms. The zero-order chi connectivity index (χ0) is 7.61. The summed E-state index contributed by atoms with van der Waals surface area (Å²) in [6.07, 6.45) is 0. The van der Waals surface area contributed by atoms with Gasteiger partial charge in [-0.2, -0.15) is 8.42 Å². The summed E-state index contributed by atoms with van der Waals surface area (Å²) < 4.78 is 29.2. The Balaban J connectivity index is 0.000001000. The first-order valence-corrected chi connectivity index (χ1v) is 4.07. The second-order valence-electron chi connectivity index (χ2n) is 1.79. The summed E-state index contributed by atoms with van der Waals surface area (Å²) >= 11 is 0. The van der Waals surface area contributed by atoms with E-state index in [1.165, 1.54) is 12.1 Å². The van der Waals surface area contributed by atoms with Gasteiger partial charge in [0.05, 0.1) is 4.90 Å². The van der Waals surface area contributed by atoms with Crippen LogP contribution < -0.4 is 0 Å². The second kappa shape index (κ2) is 4.09. The van der Waals surface area contributed by atoms with Crippen molar-refractivity contribution in [1.29, 1.82) is 0 Å². The average Bonchev–Trinajstić information content (AvgIpc) is 1.88. The molecule has 0 unspecified atom stereocenters. The SMILES string of the molecule is O=S(=O)(O)c1ccccc1.[SbH3]. The predicted molar refractivity (Wildman–Crippen MR) is 46.2 cm³/mol. The van der Waals surface area contributed by atoms with Gasteiger partial charge in [0.15, 0.2) is 0 Å². The Morgan fingerprint density at radius 3 is 1.82 bits per heavy atom. The molecule has 0 aliphatic rings. The molecule has 0 aliphatic heterocycles. The molecule has 1 N–H and O–H groups in total. The van der Waals surface area contributed by atoms with E-state index in [4.69, 9.17) is 4.55 Å². The summed E-state index contributed by atoms with van der Waals surface area (Å²) in [5.41, 5.74) is 0. The van der Waals surface area contributed by atoms with Gasteiger partial charge in [0, 0.05) is 0 Å². The fourth-order valence-corrected chi connectivity index (χ4v) is 1.09. The molecule has 0 heterocycles. The zero-order valence-electron chi connectivity index (χ0n) is 5.77. The molecule has 1 rings (SSSR count). The van der Waals surface area contributed by atoms with Gasteiger partial charge in [-0.25, -0.2) is 0 Å². The second-order valence-corrected chi connectivity index (χ2v) is 3.21. The Kier molecular flexibility index (Phi) is 4.07. The zero-order valence-corrected chi connectivity index (χ0v) is 10.6. The molecule has 1 aromatic carbocycles. The van der Waals surface area contributed by atoms with Gasteiger partial charge in [-0.3, -0.25) is 4.55 Å². The van der Waals surface area contributed by atoms with Gasteiger partial charge in [-0.05, 0) is 12.1 Å². The van der Waals surface area contributed by atoms with Crippen LogP contribution in [0.1, 0.15) is 0 Å². The Morgan fingerprint density at radius 1 is 1.09 bits per heavy atom. The molecule has 0 atom stereocenters. The van der Waals surface area contributed by atoms with Gasteiger partial charge in [0.1, 0.15) is 0 Å². The molecule has 0 saturated carbocycles. The van der Waals surface area contributed by atoms with Crippen LogP contribution in [0.25, 0.3) is 0 Å². The van der Waals surface area contributed by atoms with Crippen LogP contribution in [0.4, 0.5) is 0 Å². The fraction of sp³-hybridized carbons (Fsp3) is 0. The molecule has 0 fully saturated rings. The summed E-state index contributed by atoms with van der Waals surface area (Å²) in [5.74, 6) is 0. The van der Waals surface area contributed by atoms with E-state index in [-0.39, 0.29) is 29.3 Å². The normalized spacial score (nSPS) is 10.3. The van der Waals surface area contributed by atoms with Crippen molar-refractivity contribution in [2.75, 3.05) is 0 Å². The van der Waals surface area contributed by atoms with Crippen LogP contribution in [0.15, 0.2) is 35.2 Å². The van der Waals surface area contributed by atoms with Crippen LogP contribution in [0.2, 0.25) is 0 Å². The molecule has 3 nitrogen and oxygen atoms in total. The first-order chi connectivity index (χ1) is 4.61. The molecular weight excluding hydrogens is 274 g/mol. The van der Waals surface area contributed by atoms with Crippen molar-refractivity contribution in [3.05, 3.63) is 30.3 Å². The molecule has 0 saturated heterocycles. The van der Waals surface area contributed by atoms with Crippen LogP contribution in [0.3, 0.4) is 0 Å². The Hall–Kier alpha value is -0.0518. The molecule has 0 aromatic heterocycles. The average molecular weight is 283 g/mol. The number of hydrogen-bond acceptors (Lipinski definition) is 2. The van der Waals surface area contributed by atoms with E-state index in [9.17, 15) is 8.42 Å². The van der Waals surface area contributed by atoms with Crippen molar-refractivity contribution in [3.8, 4) is 0 Å². The van der Waals surface area contributed by atoms with Gasteiger partial charge >= 0.3 is 24.4 Å². The summed E-state index contributed by atoms with van der Waals surface area (Å²) in [7, 11) is -4.00. The summed E-state index contributed by atoms with van der Waals surface area (Å²) in [4.78, 5) is -0.0741. The van der Waals surface area contributed by atoms with Gasteiger partial charge in [0.25, 0.3) is 10.1 Å². The molecule has 62 valence electrons. The van der Waals surface area contributed by atoms with Crippen LogP contribution in [-0.4, -0.2) is 37.4 Å². The van der Waals surface area contributed by atoms with Crippen molar-refractivity contribution in [2.45, 2.75) is 4.90 Å². The third-order valence-electron chi connectivity index (χ3n) is 1.04. The Bertz CT molecular complexity index is 306. The number of rotatable bonds is 1. The van der Waals surface area contributed by atoms with E-state index in [0.717, 1.165) is 0 Å². The van der Waals surface area contributed by atoms with Gasteiger partial charge in [-0.1, -0.05) is 18.2 Å². The molecule has 5 heteroatoms. The first-order valence-electron chi connectivity index (χ1n) is 2.63. The van der Waals surface area contributed by atoms with Crippen molar-refractivity contribution in [1.82, 2.24) is 0 Å². The predicted octanol–water partition coefficient (Wildman–Crippen LogP) is -0.251. The monoisotopic (exact) mass is 282 g/mol. The van der Waals surface area contributed by atoms with E-state index < -0.39 is 10.1 Å². The van der Waals surface area contributed by atoms with E-state index >= 15 is 0 Å². The van der Waals surface area contributed by atoms with Crippen molar-refractivity contribution >= 4 is 34.5 Å². The molecule has 0 spiro atoms. The third-order valence-corrected chi connectivity index (χ3v) is 1.91. The minimum atomic E-state index is -4.00. The quantitative estimate of drug-likeness (QED) is 0.571. The first kappa shape index (κ1) is 10.9. The third kappa shape index (κ3) is 3.23. The molecule has 0 amide bonds. The Labute approximate surface area is 82.6 Å². The Morgan fingerprint density at radius 2 is 1.55 bits per heavy atom. The van der Waals surface area contributed by atoms with Crippen LogP contribution in [0.5, 0.6) is 0 Å². The summed E-state index contributed by atoms with van der Waals surface area (Å²) in [6.45, 7) is 0. The van der Waals surface area contributed by atoms with Crippen LogP contribution in [-0.2, 0) is 10.1 Å². The van der Waals surface area contributed by atoms with Gasteiger partial charge in [-0.15, -0.1) is 0 Å². The fourth-order valence-electron chi connectivity index (χ4n) is 0.592. The molecule has 0 radical (unpaired) electrons. The number of benzene rings is 1. The molecule has 0 bridgehead atoms. The molecule has 0 aliphatic carbocycles. The van der Waals surface area contributed by atoms with E-state index in [0.29, 0.717) is 0 Å². The van der Waals surface area contributed by atoms with Crippen molar-refractivity contribution < 1.29 is 13.0 Å². The van der Waals surface area contributed by atoms with Crippen molar-refractivity contribution in [2.24, 2.45) is 0 Å². The molecular formula is C6H9O3SSb. The maximum atomic E-state index is 10.4.